The molecule has 1 heterocycles. The Bertz CT molecular complexity index is 1050. The van der Waals surface area contributed by atoms with E-state index in [0.29, 0.717) is 5.56 Å². The second-order valence-corrected chi connectivity index (χ2v) is 6.91. The molecule has 0 saturated heterocycles. The van der Waals surface area contributed by atoms with Crippen LogP contribution in [-0.4, -0.2) is 5.71 Å². The predicted molar refractivity (Wildman–Crippen MR) is 146 cm³/mol. The molecule has 172 valence electrons. The highest BCUT2D eigenvalue weighted by Gasteiger charge is 2.12. The van der Waals surface area contributed by atoms with E-state index in [1.54, 1.807) is 0 Å². The van der Waals surface area contributed by atoms with Crippen LogP contribution in [0.5, 0.6) is 0 Å². The quantitative estimate of drug-likeness (QED) is 0.297. The molecule has 1 aliphatic rings. The predicted octanol–water partition coefficient (Wildman–Crippen LogP) is 8.32. The molecule has 3 rings (SSSR count). The third-order valence-electron chi connectivity index (χ3n) is 4.29. The number of aryl methyl sites for hydroxylation is 1. The highest BCUT2D eigenvalue weighted by Crippen LogP contribution is 2.25. The molecule has 3 nitrogen and oxygen atoms in total. The molecule has 0 radical (unpaired) electrons. The molecule has 0 bridgehead atoms. The van der Waals surface area contributed by atoms with Gasteiger partial charge in [-0.25, -0.2) is 0 Å². The minimum atomic E-state index is 0.684. The van der Waals surface area contributed by atoms with Gasteiger partial charge in [-0.05, 0) is 81.2 Å². The Labute approximate surface area is 201 Å². The maximum atomic E-state index is 8.71. The van der Waals surface area contributed by atoms with Crippen LogP contribution in [0.3, 0.4) is 0 Å². The highest BCUT2D eigenvalue weighted by molar-refractivity contribution is 6.08. The van der Waals surface area contributed by atoms with Crippen LogP contribution in [-0.2, 0) is 0 Å². The van der Waals surface area contributed by atoms with Crippen LogP contribution in [0.1, 0.15) is 64.7 Å². The molecule has 2 aromatic rings. The molecular formula is C30H37N3. The van der Waals surface area contributed by atoms with Crippen molar-refractivity contribution in [2.45, 2.75) is 54.9 Å². The van der Waals surface area contributed by atoms with Gasteiger partial charge < -0.3 is 5.32 Å². The van der Waals surface area contributed by atoms with E-state index in [0.717, 1.165) is 29.0 Å². The highest BCUT2D eigenvalue weighted by atomic mass is 14.8. The van der Waals surface area contributed by atoms with Gasteiger partial charge in [0.05, 0.1) is 11.6 Å². The molecule has 2 aromatic carbocycles. The molecule has 0 amide bonds. The maximum absolute atomic E-state index is 8.71. The lowest BCUT2D eigenvalue weighted by Crippen LogP contribution is -1.95. The Morgan fingerprint density at radius 1 is 1.09 bits per heavy atom. The van der Waals surface area contributed by atoms with Crippen LogP contribution in [0.2, 0.25) is 0 Å². The van der Waals surface area contributed by atoms with Gasteiger partial charge in [0.15, 0.2) is 0 Å². The van der Waals surface area contributed by atoms with Gasteiger partial charge in [-0.15, -0.1) is 0 Å². The van der Waals surface area contributed by atoms with Crippen LogP contribution in [0.25, 0.3) is 5.57 Å². The molecule has 33 heavy (non-hydrogen) atoms. The van der Waals surface area contributed by atoms with Crippen LogP contribution in [0, 0.1) is 30.2 Å². The Morgan fingerprint density at radius 2 is 1.73 bits per heavy atom. The second-order valence-electron chi connectivity index (χ2n) is 6.91. The summed E-state index contributed by atoms with van der Waals surface area (Å²) in [6.45, 7) is 17.7. The van der Waals surface area contributed by atoms with E-state index in [1.807, 2.05) is 96.3 Å². The molecule has 0 unspecified atom stereocenters. The number of hydrogen-bond donors (Lipinski definition) is 1. The van der Waals surface area contributed by atoms with Gasteiger partial charge >= 0.3 is 0 Å². The monoisotopic (exact) mass is 439 g/mol. The van der Waals surface area contributed by atoms with Crippen molar-refractivity contribution in [3.63, 3.8) is 0 Å². The number of nitrogens with one attached hydrogen (secondary N) is 1. The standard InChI is InChI=1S/C14H12N2.C10H11N.C4H8.C2H6/c1-10(2)14-7-13(9-16-14)12-5-3-11(8-15)4-6-12;1-3-7-11-10-6-4-5-9(2)8-10;1-3-4-2;1-2/h3-6,9H,1,7H2,2H3;4-6,8,11H,1-2H3;3-4H,1-2H3;1-2H3/b;;4-3-;. The molecule has 1 aliphatic heterocycles. The van der Waals surface area contributed by atoms with Crippen LogP contribution in [0.4, 0.5) is 5.69 Å². The number of rotatable bonds is 3. The van der Waals surface area contributed by atoms with Crippen molar-refractivity contribution in [3.8, 4) is 18.0 Å². The van der Waals surface area contributed by atoms with Gasteiger partial charge in [0.1, 0.15) is 0 Å². The fraction of sp³-hybridized carbons (Fsp3) is 0.267. The van der Waals surface area contributed by atoms with Crippen molar-refractivity contribution >= 4 is 17.0 Å². The van der Waals surface area contributed by atoms with E-state index in [2.05, 4.69) is 54.0 Å². The number of nitrogens with zero attached hydrogens (tertiary/aromatic N) is 2. The Hall–Kier alpha value is -3.82. The Balaban J connectivity index is 0.000000523. The summed E-state index contributed by atoms with van der Waals surface area (Å²) < 4.78 is 0. The summed E-state index contributed by atoms with van der Waals surface area (Å²) in [6, 6.07) is 20.6. The first kappa shape index (κ1) is 29.2. The molecule has 0 saturated carbocycles. The third-order valence-corrected chi connectivity index (χ3v) is 4.29. The van der Waals surface area contributed by atoms with Gasteiger partial charge in [0, 0.05) is 30.1 Å². The van der Waals surface area contributed by atoms with Crippen molar-refractivity contribution in [2.75, 3.05) is 5.32 Å². The van der Waals surface area contributed by atoms with Gasteiger partial charge in [-0.3, -0.25) is 4.99 Å². The topological polar surface area (TPSA) is 48.2 Å². The van der Waals surface area contributed by atoms with Gasteiger partial charge in [0.25, 0.3) is 0 Å². The van der Waals surface area contributed by atoms with Gasteiger partial charge in [-0.1, -0.05) is 62.8 Å². The summed E-state index contributed by atoms with van der Waals surface area (Å²) in [5.41, 5.74) is 7.34. The summed E-state index contributed by atoms with van der Waals surface area (Å²) in [5.74, 6) is 2.77. The Morgan fingerprint density at radius 3 is 2.18 bits per heavy atom. The Kier molecular flexibility index (Phi) is 15.8. The smallest absolute Gasteiger partial charge is 0.0991 e. The fourth-order valence-electron chi connectivity index (χ4n) is 2.48. The molecule has 3 heteroatoms. The summed E-state index contributed by atoms with van der Waals surface area (Å²) in [5, 5.41) is 11.7. The third kappa shape index (κ3) is 12.0. The lowest BCUT2D eigenvalue weighted by Gasteiger charge is -2.03. The normalized spacial score (nSPS) is 10.8. The van der Waals surface area contributed by atoms with E-state index in [9.17, 15) is 0 Å². The summed E-state index contributed by atoms with van der Waals surface area (Å²) in [7, 11) is 0. The van der Waals surface area contributed by atoms with Crippen molar-refractivity contribution in [2.24, 2.45) is 4.99 Å². The average molecular weight is 440 g/mol. The number of anilines is 1. The zero-order chi connectivity index (χ0) is 25.1. The molecule has 0 atom stereocenters. The van der Waals surface area contributed by atoms with Crippen molar-refractivity contribution < 1.29 is 0 Å². The van der Waals surface area contributed by atoms with Crippen LogP contribution >= 0.6 is 0 Å². The van der Waals surface area contributed by atoms with Crippen molar-refractivity contribution in [1.82, 2.24) is 0 Å². The molecular weight excluding hydrogens is 402 g/mol. The summed E-state index contributed by atoms with van der Waals surface area (Å²) >= 11 is 0. The number of hydrogen-bond acceptors (Lipinski definition) is 3. The summed E-state index contributed by atoms with van der Waals surface area (Å²) in [6.07, 6.45) is 6.71. The van der Waals surface area contributed by atoms with Crippen molar-refractivity contribution in [3.05, 3.63) is 95.7 Å². The van der Waals surface area contributed by atoms with Crippen molar-refractivity contribution in [1.29, 1.82) is 5.26 Å². The van der Waals surface area contributed by atoms with E-state index >= 15 is 0 Å². The molecule has 0 fully saturated rings. The first-order valence-electron chi connectivity index (χ1n) is 11.2. The number of aliphatic imine (C=N–C) groups is 1. The van der Waals surface area contributed by atoms with Gasteiger partial charge in [0.2, 0.25) is 0 Å². The molecule has 1 N–H and O–H groups in total. The molecule has 0 aliphatic carbocycles. The first-order valence-corrected chi connectivity index (χ1v) is 11.2. The minimum absolute atomic E-state index is 0.684. The van der Waals surface area contributed by atoms with E-state index in [1.165, 1.54) is 11.1 Å². The lowest BCUT2D eigenvalue weighted by molar-refractivity contribution is 1.44. The lowest BCUT2D eigenvalue weighted by atomic mass is 10.00. The molecule has 0 spiro atoms. The largest absolute Gasteiger partial charge is 0.315 e. The first-order chi connectivity index (χ1) is 15.9. The molecule has 0 aromatic heterocycles. The SMILES string of the molecule is C/C=C\C.C=C(C)C1=NC=C(c2ccc(C#N)cc2)C1.CC.CC#CNc1cccc(C)c1. The minimum Gasteiger partial charge on any atom is -0.315 e. The number of allylic oxidation sites excluding steroid dienone is 4. The fourth-order valence-corrected chi connectivity index (χ4v) is 2.48. The number of nitriles is 1. The van der Waals surface area contributed by atoms with E-state index < -0.39 is 0 Å². The average Bonchev–Trinajstić information content (AvgIpc) is 3.35. The second kappa shape index (κ2) is 17.8. The maximum Gasteiger partial charge on any atom is 0.0991 e. The van der Waals surface area contributed by atoms with Crippen LogP contribution in [0.15, 0.2) is 84.0 Å². The van der Waals surface area contributed by atoms with Crippen LogP contribution < -0.4 is 5.32 Å². The zero-order valence-corrected chi connectivity index (χ0v) is 21.2. The summed E-state index contributed by atoms with van der Waals surface area (Å²) in [4.78, 5) is 4.33. The van der Waals surface area contributed by atoms with E-state index in [4.69, 9.17) is 5.26 Å². The van der Waals surface area contributed by atoms with Gasteiger partial charge in [-0.2, -0.15) is 5.26 Å². The zero-order valence-electron chi connectivity index (χ0n) is 21.2. The number of benzene rings is 2. The van der Waals surface area contributed by atoms with E-state index in [-0.39, 0.29) is 0 Å².